The van der Waals surface area contributed by atoms with Crippen molar-refractivity contribution in [2.45, 2.75) is 13.3 Å². The Morgan fingerprint density at radius 2 is 2.21 bits per heavy atom. The van der Waals surface area contributed by atoms with Gasteiger partial charge in [0.25, 0.3) is 0 Å². The minimum absolute atomic E-state index is 0.102. The Balaban J connectivity index is 2.90. The van der Waals surface area contributed by atoms with Crippen molar-refractivity contribution in [1.82, 2.24) is 0 Å². The van der Waals surface area contributed by atoms with Gasteiger partial charge in [-0.1, -0.05) is 31.7 Å². The number of rotatable bonds is 5. The minimum atomic E-state index is 0.102. The van der Waals surface area contributed by atoms with Crippen LogP contribution in [0.25, 0.3) is 0 Å². The summed E-state index contributed by atoms with van der Waals surface area (Å²) in [6, 6.07) is 7.27. The smallest absolute Gasteiger partial charge is 0.166 e. The summed E-state index contributed by atoms with van der Waals surface area (Å²) in [5.74, 6) is 0.740. The van der Waals surface area contributed by atoms with Gasteiger partial charge in [0.2, 0.25) is 0 Å². The van der Waals surface area contributed by atoms with Gasteiger partial charge in [0.05, 0.1) is 5.56 Å². The summed E-state index contributed by atoms with van der Waals surface area (Å²) in [5.41, 5.74) is 0.650. The topological polar surface area (TPSA) is 26.3 Å². The molecular weight excluding hydrogens is 176 g/mol. The highest BCUT2D eigenvalue weighted by atomic mass is 16.5. The number of ether oxygens (including phenoxy) is 1. The van der Waals surface area contributed by atoms with Crippen LogP contribution in [0.5, 0.6) is 5.75 Å². The number of Topliss-reactive ketones (excluding diaryl/α,β-unsaturated/α-hetero) is 1. The first kappa shape index (κ1) is 10.5. The number of para-hydroxylation sites is 1. The third kappa shape index (κ3) is 2.46. The van der Waals surface area contributed by atoms with E-state index in [0.29, 0.717) is 24.3 Å². The molecule has 0 heterocycles. The molecule has 0 amide bonds. The van der Waals surface area contributed by atoms with E-state index in [-0.39, 0.29) is 5.78 Å². The van der Waals surface area contributed by atoms with E-state index in [1.807, 2.05) is 19.1 Å². The van der Waals surface area contributed by atoms with Gasteiger partial charge < -0.3 is 4.74 Å². The van der Waals surface area contributed by atoms with E-state index in [4.69, 9.17) is 4.74 Å². The molecule has 0 N–H and O–H groups in total. The second kappa shape index (κ2) is 5.22. The maximum absolute atomic E-state index is 11.5. The van der Waals surface area contributed by atoms with Crippen molar-refractivity contribution in [2.75, 3.05) is 6.61 Å². The highest BCUT2D eigenvalue weighted by Gasteiger charge is 2.08. The Kier molecular flexibility index (Phi) is 3.92. The Morgan fingerprint density at radius 1 is 1.50 bits per heavy atom. The molecule has 1 aromatic carbocycles. The minimum Gasteiger partial charge on any atom is -0.489 e. The molecule has 0 saturated carbocycles. The normalized spacial score (nSPS) is 9.50. The van der Waals surface area contributed by atoms with Crippen LogP contribution < -0.4 is 4.74 Å². The number of hydrogen-bond donors (Lipinski definition) is 0. The Labute approximate surface area is 84.2 Å². The van der Waals surface area contributed by atoms with Gasteiger partial charge in [-0.15, -0.1) is 0 Å². The number of ketones is 1. The van der Waals surface area contributed by atoms with Gasteiger partial charge in [-0.25, -0.2) is 0 Å². The molecule has 0 spiro atoms. The average Bonchev–Trinajstić information content (AvgIpc) is 2.25. The Morgan fingerprint density at radius 3 is 2.86 bits per heavy atom. The van der Waals surface area contributed by atoms with Gasteiger partial charge in [-0.3, -0.25) is 4.79 Å². The largest absolute Gasteiger partial charge is 0.489 e. The summed E-state index contributed by atoms with van der Waals surface area (Å²) < 4.78 is 5.37. The van der Waals surface area contributed by atoms with Crippen LogP contribution in [0, 0.1) is 0 Å². The summed E-state index contributed by atoms with van der Waals surface area (Å²) in [6.45, 7) is 5.83. The van der Waals surface area contributed by atoms with Crippen LogP contribution in [0.2, 0.25) is 0 Å². The van der Waals surface area contributed by atoms with Crippen LogP contribution in [0.3, 0.4) is 0 Å². The summed E-state index contributed by atoms with van der Waals surface area (Å²) in [6.07, 6.45) is 2.15. The summed E-state index contributed by atoms with van der Waals surface area (Å²) in [5, 5.41) is 0. The first-order valence-corrected chi connectivity index (χ1v) is 4.65. The van der Waals surface area contributed by atoms with E-state index < -0.39 is 0 Å². The van der Waals surface area contributed by atoms with Crippen molar-refractivity contribution in [3.05, 3.63) is 42.5 Å². The second-order valence-electron chi connectivity index (χ2n) is 2.87. The number of benzene rings is 1. The third-order valence-corrected chi connectivity index (χ3v) is 1.87. The number of carbonyl (C=O) groups excluding carboxylic acids is 1. The van der Waals surface area contributed by atoms with Crippen molar-refractivity contribution < 1.29 is 9.53 Å². The molecule has 14 heavy (non-hydrogen) atoms. The van der Waals surface area contributed by atoms with Crippen molar-refractivity contribution in [3.8, 4) is 5.75 Å². The maximum atomic E-state index is 11.5. The Bertz CT molecular complexity index is 329. The molecule has 0 aliphatic rings. The molecule has 0 saturated heterocycles. The van der Waals surface area contributed by atoms with E-state index in [9.17, 15) is 4.79 Å². The predicted octanol–water partition coefficient (Wildman–Crippen LogP) is 2.84. The fourth-order valence-corrected chi connectivity index (χ4v) is 1.16. The van der Waals surface area contributed by atoms with Crippen LogP contribution >= 0.6 is 0 Å². The zero-order valence-electron chi connectivity index (χ0n) is 8.32. The molecule has 2 heteroatoms. The quantitative estimate of drug-likeness (QED) is 0.527. The number of carbonyl (C=O) groups is 1. The lowest BCUT2D eigenvalue weighted by Gasteiger charge is -2.07. The molecule has 1 aromatic rings. The molecule has 0 aromatic heterocycles. The standard InChI is InChI=1S/C12H14O2/c1-3-9-14-12-8-6-5-7-10(12)11(13)4-2/h3,5-8H,1,4,9H2,2H3. The zero-order chi connectivity index (χ0) is 10.4. The molecule has 0 atom stereocenters. The lowest BCUT2D eigenvalue weighted by atomic mass is 10.1. The monoisotopic (exact) mass is 190 g/mol. The molecule has 74 valence electrons. The fraction of sp³-hybridized carbons (Fsp3) is 0.250. The summed E-state index contributed by atoms with van der Waals surface area (Å²) in [7, 11) is 0. The summed E-state index contributed by atoms with van der Waals surface area (Å²) in [4.78, 5) is 11.5. The molecular formula is C12H14O2. The van der Waals surface area contributed by atoms with Crippen molar-refractivity contribution in [2.24, 2.45) is 0 Å². The highest BCUT2D eigenvalue weighted by molar-refractivity contribution is 5.98. The SMILES string of the molecule is C=CCOc1ccccc1C(=O)CC. The molecule has 0 bridgehead atoms. The van der Waals surface area contributed by atoms with Gasteiger partial charge in [0.15, 0.2) is 5.78 Å². The van der Waals surface area contributed by atoms with Crippen molar-refractivity contribution in [3.63, 3.8) is 0 Å². The van der Waals surface area contributed by atoms with Gasteiger partial charge in [0, 0.05) is 6.42 Å². The molecule has 0 fully saturated rings. The molecule has 0 radical (unpaired) electrons. The van der Waals surface area contributed by atoms with E-state index in [0.717, 1.165) is 0 Å². The van der Waals surface area contributed by atoms with Gasteiger partial charge in [0.1, 0.15) is 12.4 Å². The van der Waals surface area contributed by atoms with E-state index >= 15 is 0 Å². The fourth-order valence-electron chi connectivity index (χ4n) is 1.16. The third-order valence-electron chi connectivity index (χ3n) is 1.87. The van der Waals surface area contributed by atoms with Crippen molar-refractivity contribution in [1.29, 1.82) is 0 Å². The van der Waals surface area contributed by atoms with Gasteiger partial charge in [-0.2, -0.15) is 0 Å². The van der Waals surface area contributed by atoms with Crippen LogP contribution in [0.1, 0.15) is 23.7 Å². The van der Waals surface area contributed by atoms with Gasteiger partial charge in [-0.05, 0) is 12.1 Å². The molecule has 0 unspecified atom stereocenters. The first-order chi connectivity index (χ1) is 6.79. The van der Waals surface area contributed by atoms with Crippen LogP contribution in [-0.2, 0) is 0 Å². The number of hydrogen-bond acceptors (Lipinski definition) is 2. The van der Waals surface area contributed by atoms with E-state index in [2.05, 4.69) is 6.58 Å². The average molecular weight is 190 g/mol. The predicted molar refractivity (Wildman–Crippen MR) is 56.8 cm³/mol. The van der Waals surface area contributed by atoms with Crippen molar-refractivity contribution >= 4 is 5.78 Å². The van der Waals surface area contributed by atoms with Crippen LogP contribution in [0.15, 0.2) is 36.9 Å². The zero-order valence-corrected chi connectivity index (χ0v) is 8.32. The summed E-state index contributed by atoms with van der Waals surface area (Å²) >= 11 is 0. The molecule has 1 rings (SSSR count). The van der Waals surface area contributed by atoms with E-state index in [1.54, 1.807) is 18.2 Å². The molecule has 0 aliphatic heterocycles. The lowest BCUT2D eigenvalue weighted by molar-refractivity contribution is 0.0984. The van der Waals surface area contributed by atoms with Gasteiger partial charge >= 0.3 is 0 Å². The molecule has 2 nitrogen and oxygen atoms in total. The highest BCUT2D eigenvalue weighted by Crippen LogP contribution is 2.19. The second-order valence-corrected chi connectivity index (χ2v) is 2.87. The Hall–Kier alpha value is -1.57. The van der Waals surface area contributed by atoms with E-state index in [1.165, 1.54) is 0 Å². The first-order valence-electron chi connectivity index (χ1n) is 4.65. The van der Waals surface area contributed by atoms with Crippen LogP contribution in [0.4, 0.5) is 0 Å². The maximum Gasteiger partial charge on any atom is 0.166 e. The lowest BCUT2D eigenvalue weighted by Crippen LogP contribution is -2.02. The molecule has 0 aliphatic carbocycles. The van der Waals surface area contributed by atoms with Crippen LogP contribution in [-0.4, -0.2) is 12.4 Å².